The Kier molecular flexibility index (Phi) is 6.17. The van der Waals surface area contributed by atoms with Crippen molar-refractivity contribution in [3.63, 3.8) is 0 Å². The van der Waals surface area contributed by atoms with Crippen molar-refractivity contribution in [2.45, 2.75) is 16.3 Å². The third kappa shape index (κ3) is 4.87. The maximum atomic E-state index is 11.6. The molecule has 0 heterocycles. The maximum Gasteiger partial charge on any atom is 0.238 e. The summed E-state index contributed by atoms with van der Waals surface area (Å²) in [6, 6.07) is 10.0. The molecule has 2 aromatic rings. The quantitative estimate of drug-likeness (QED) is 0.768. The highest BCUT2D eigenvalue weighted by atomic mass is 35.5. The van der Waals surface area contributed by atoms with E-state index in [4.69, 9.17) is 21.5 Å². The number of nitrogens with zero attached hydrogens (tertiary/aromatic N) is 1. The van der Waals surface area contributed by atoms with E-state index in [2.05, 4.69) is 0 Å². The zero-order chi connectivity index (χ0) is 17.9. The summed E-state index contributed by atoms with van der Waals surface area (Å²) in [6.45, 7) is 0.509. The molecule has 0 aromatic heterocycles. The van der Waals surface area contributed by atoms with Crippen molar-refractivity contribution < 1.29 is 13.2 Å². The van der Waals surface area contributed by atoms with Gasteiger partial charge in [0.05, 0.1) is 9.92 Å². The lowest BCUT2D eigenvalue weighted by Gasteiger charge is -2.16. The Balaban J connectivity index is 2.40. The van der Waals surface area contributed by atoms with Crippen LogP contribution in [0.5, 0.6) is 11.5 Å². The van der Waals surface area contributed by atoms with E-state index < -0.39 is 10.0 Å². The monoisotopic (exact) mass is 386 g/mol. The standard InChI is InChI=1S/C16H19ClN2O3S2/c1-19(2)10-11-8-13(24(18,20)21)5-6-15(11)22-12-4-7-16(23-3)14(17)9-12/h4-9H,10H2,1-3H3,(H2,18,20,21). The first-order chi connectivity index (χ1) is 11.2. The summed E-state index contributed by atoms with van der Waals surface area (Å²) in [5.41, 5.74) is 0.719. The molecule has 5 nitrogen and oxygen atoms in total. The lowest BCUT2D eigenvalue weighted by Crippen LogP contribution is -2.15. The van der Waals surface area contributed by atoms with Crippen LogP contribution in [0.3, 0.4) is 0 Å². The van der Waals surface area contributed by atoms with Gasteiger partial charge >= 0.3 is 0 Å². The van der Waals surface area contributed by atoms with Crippen LogP contribution in [0.1, 0.15) is 5.56 Å². The van der Waals surface area contributed by atoms with Crippen LogP contribution in [0.2, 0.25) is 5.02 Å². The molecule has 0 radical (unpaired) electrons. The van der Waals surface area contributed by atoms with Crippen molar-refractivity contribution in [2.75, 3.05) is 20.4 Å². The molecule has 2 N–H and O–H groups in total. The number of hydrogen-bond acceptors (Lipinski definition) is 5. The van der Waals surface area contributed by atoms with Crippen molar-refractivity contribution in [3.05, 3.63) is 47.0 Å². The first-order valence-electron chi connectivity index (χ1n) is 7.02. The molecule has 0 bridgehead atoms. The second-order valence-corrected chi connectivity index (χ2v) is 8.27. The Morgan fingerprint density at radius 1 is 1.21 bits per heavy atom. The molecule has 0 amide bonds. The van der Waals surface area contributed by atoms with Crippen LogP contribution in [0, 0.1) is 0 Å². The SMILES string of the molecule is CSc1ccc(Oc2ccc(S(N)(=O)=O)cc2CN(C)C)cc1Cl. The molecule has 0 saturated heterocycles. The van der Waals surface area contributed by atoms with E-state index in [1.807, 2.05) is 37.4 Å². The number of halogens is 1. The molecule has 0 atom stereocenters. The minimum absolute atomic E-state index is 0.0578. The van der Waals surface area contributed by atoms with Crippen molar-refractivity contribution in [1.29, 1.82) is 0 Å². The molecule has 0 aliphatic heterocycles. The summed E-state index contributed by atoms with van der Waals surface area (Å²) < 4.78 is 29.0. The summed E-state index contributed by atoms with van der Waals surface area (Å²) in [5.74, 6) is 1.14. The van der Waals surface area contributed by atoms with Gasteiger partial charge in [-0.1, -0.05) is 11.6 Å². The van der Waals surface area contributed by atoms with Crippen LogP contribution < -0.4 is 9.88 Å². The van der Waals surface area contributed by atoms with E-state index >= 15 is 0 Å². The van der Waals surface area contributed by atoms with Crippen LogP contribution in [0.25, 0.3) is 0 Å². The molecule has 0 spiro atoms. The number of sulfonamides is 1. The molecule has 0 aliphatic carbocycles. The number of benzene rings is 2. The van der Waals surface area contributed by atoms with E-state index in [-0.39, 0.29) is 4.90 Å². The summed E-state index contributed by atoms with van der Waals surface area (Å²) in [6.07, 6.45) is 1.95. The van der Waals surface area contributed by atoms with Gasteiger partial charge in [-0.3, -0.25) is 0 Å². The number of nitrogens with two attached hydrogens (primary N) is 1. The maximum absolute atomic E-state index is 11.6. The molecular formula is C16H19ClN2O3S2. The third-order valence-electron chi connectivity index (χ3n) is 3.20. The first kappa shape index (κ1) is 19.1. The fraction of sp³-hybridized carbons (Fsp3) is 0.250. The third-order valence-corrected chi connectivity index (χ3v) is 5.33. The summed E-state index contributed by atoms with van der Waals surface area (Å²) >= 11 is 7.75. The van der Waals surface area contributed by atoms with E-state index in [0.717, 1.165) is 10.5 Å². The van der Waals surface area contributed by atoms with Crippen LogP contribution >= 0.6 is 23.4 Å². The lowest BCUT2D eigenvalue weighted by molar-refractivity contribution is 0.388. The molecule has 0 unspecified atom stereocenters. The zero-order valence-corrected chi connectivity index (χ0v) is 16.0. The van der Waals surface area contributed by atoms with Gasteiger partial charge in [-0.15, -0.1) is 11.8 Å². The number of rotatable bonds is 6. The Hall–Kier alpha value is -1.25. The topological polar surface area (TPSA) is 72.6 Å². The average molecular weight is 387 g/mol. The molecule has 0 saturated carbocycles. The lowest BCUT2D eigenvalue weighted by atomic mass is 10.2. The molecule has 2 aromatic carbocycles. The van der Waals surface area contributed by atoms with Crippen molar-refractivity contribution in [2.24, 2.45) is 5.14 Å². The molecule has 8 heteroatoms. The summed E-state index contributed by atoms with van der Waals surface area (Å²) in [7, 11) is 0.00848. The van der Waals surface area contributed by atoms with Crippen molar-refractivity contribution in [3.8, 4) is 11.5 Å². The van der Waals surface area contributed by atoms with E-state index in [1.165, 1.54) is 12.1 Å². The Bertz CT molecular complexity index is 839. The van der Waals surface area contributed by atoms with Crippen LogP contribution in [-0.2, 0) is 16.6 Å². The molecular weight excluding hydrogens is 368 g/mol. The molecule has 130 valence electrons. The van der Waals surface area contributed by atoms with Crippen molar-refractivity contribution >= 4 is 33.4 Å². The van der Waals surface area contributed by atoms with Gasteiger partial charge in [0.1, 0.15) is 11.5 Å². The number of primary sulfonamides is 1. The highest BCUT2D eigenvalue weighted by molar-refractivity contribution is 7.98. The van der Waals surface area contributed by atoms with Crippen molar-refractivity contribution in [1.82, 2.24) is 4.90 Å². The number of hydrogen-bond donors (Lipinski definition) is 1. The van der Waals surface area contributed by atoms with Gasteiger partial charge in [-0.05, 0) is 50.7 Å². The van der Waals surface area contributed by atoms with E-state index in [9.17, 15) is 8.42 Å². The van der Waals surface area contributed by atoms with Gasteiger partial charge in [-0.2, -0.15) is 0 Å². The van der Waals surface area contributed by atoms with Gasteiger partial charge in [0.2, 0.25) is 10.0 Å². The predicted molar refractivity (Wildman–Crippen MR) is 98.5 cm³/mol. The van der Waals surface area contributed by atoms with Crippen LogP contribution in [0.15, 0.2) is 46.2 Å². The minimum atomic E-state index is -3.76. The highest BCUT2D eigenvalue weighted by Gasteiger charge is 2.14. The second kappa shape index (κ2) is 7.76. The van der Waals surface area contributed by atoms with Crippen LogP contribution in [0.4, 0.5) is 0 Å². The highest BCUT2D eigenvalue weighted by Crippen LogP contribution is 2.33. The largest absolute Gasteiger partial charge is 0.457 e. The summed E-state index contributed by atoms with van der Waals surface area (Å²) in [5, 5.41) is 5.82. The van der Waals surface area contributed by atoms with Crippen LogP contribution in [-0.4, -0.2) is 33.7 Å². The Labute approximate surface area is 151 Å². The van der Waals surface area contributed by atoms with E-state index in [1.54, 1.807) is 23.9 Å². The normalized spacial score (nSPS) is 11.8. The fourth-order valence-electron chi connectivity index (χ4n) is 2.13. The van der Waals surface area contributed by atoms with Gasteiger partial charge in [0.15, 0.2) is 0 Å². The number of ether oxygens (including phenoxy) is 1. The smallest absolute Gasteiger partial charge is 0.238 e. The predicted octanol–water partition coefficient (Wildman–Crippen LogP) is 3.56. The summed E-state index contributed by atoms with van der Waals surface area (Å²) in [4.78, 5) is 2.93. The Morgan fingerprint density at radius 2 is 1.92 bits per heavy atom. The molecule has 2 rings (SSSR count). The van der Waals surface area contributed by atoms with E-state index in [0.29, 0.717) is 23.1 Å². The molecule has 0 aliphatic rings. The fourth-order valence-corrected chi connectivity index (χ4v) is 3.56. The average Bonchev–Trinajstić information content (AvgIpc) is 2.47. The molecule has 24 heavy (non-hydrogen) atoms. The molecule has 0 fully saturated rings. The van der Waals surface area contributed by atoms with Gasteiger partial charge in [-0.25, -0.2) is 13.6 Å². The zero-order valence-electron chi connectivity index (χ0n) is 13.6. The van der Waals surface area contributed by atoms with Gasteiger partial charge < -0.3 is 9.64 Å². The van der Waals surface area contributed by atoms with Gasteiger partial charge in [0, 0.05) is 23.1 Å². The first-order valence-corrected chi connectivity index (χ1v) is 10.2. The Morgan fingerprint density at radius 3 is 2.46 bits per heavy atom. The van der Waals surface area contributed by atoms with Gasteiger partial charge in [0.25, 0.3) is 0 Å². The number of thioether (sulfide) groups is 1. The second-order valence-electron chi connectivity index (χ2n) is 5.45. The minimum Gasteiger partial charge on any atom is -0.457 e.